The summed E-state index contributed by atoms with van der Waals surface area (Å²) in [5, 5.41) is 12.6. The van der Waals surface area contributed by atoms with Crippen molar-refractivity contribution in [2.24, 2.45) is 0 Å². The van der Waals surface area contributed by atoms with E-state index in [2.05, 4.69) is 40.6 Å². The van der Waals surface area contributed by atoms with Crippen LogP contribution in [0.15, 0.2) is 79.0 Å². The molecular formula is C19H15N3. The summed E-state index contributed by atoms with van der Waals surface area (Å²) in [5.74, 6) is 0.600. The highest BCUT2D eigenvalue weighted by atomic mass is 15.0. The predicted octanol–water partition coefficient (Wildman–Crippen LogP) is 4.15. The number of hydrogen-bond acceptors (Lipinski definition) is 3. The summed E-state index contributed by atoms with van der Waals surface area (Å²) in [6.07, 6.45) is 1.69. The first kappa shape index (κ1) is 13.8. The van der Waals surface area contributed by atoms with Crippen LogP contribution in [0.3, 0.4) is 0 Å². The molecule has 1 aromatic heterocycles. The fraction of sp³-hybridized carbons (Fsp3) is 0.0526. The number of hydrogen-bond donors (Lipinski definition) is 1. The van der Waals surface area contributed by atoms with E-state index in [4.69, 9.17) is 0 Å². The van der Waals surface area contributed by atoms with Gasteiger partial charge in [-0.15, -0.1) is 0 Å². The Kier molecular flexibility index (Phi) is 4.12. The van der Waals surface area contributed by atoms with Crippen LogP contribution in [0.25, 0.3) is 0 Å². The van der Waals surface area contributed by atoms with Crippen LogP contribution in [0.2, 0.25) is 0 Å². The molecular weight excluding hydrogens is 270 g/mol. The standard InChI is InChI=1S/C19H15N3/c20-14-17-12-7-13-21-19(17)22-18(15-8-3-1-4-9-15)16-10-5-2-6-11-16/h1-13,18H,(H,21,22). The molecule has 3 aromatic rings. The van der Waals surface area contributed by atoms with Gasteiger partial charge in [0.25, 0.3) is 0 Å². The van der Waals surface area contributed by atoms with E-state index in [1.807, 2.05) is 36.4 Å². The molecule has 0 saturated carbocycles. The zero-order valence-corrected chi connectivity index (χ0v) is 12.0. The van der Waals surface area contributed by atoms with Crippen molar-refractivity contribution in [1.29, 1.82) is 5.26 Å². The van der Waals surface area contributed by atoms with Crippen molar-refractivity contribution in [2.75, 3.05) is 5.32 Å². The van der Waals surface area contributed by atoms with E-state index in [9.17, 15) is 5.26 Å². The molecule has 3 nitrogen and oxygen atoms in total. The number of anilines is 1. The van der Waals surface area contributed by atoms with Gasteiger partial charge in [0.2, 0.25) is 0 Å². The normalized spacial score (nSPS) is 10.2. The molecule has 2 aromatic carbocycles. The molecule has 0 radical (unpaired) electrons. The van der Waals surface area contributed by atoms with Gasteiger partial charge in [0.1, 0.15) is 11.9 Å². The van der Waals surface area contributed by atoms with Crippen LogP contribution < -0.4 is 5.32 Å². The largest absolute Gasteiger partial charge is 0.358 e. The maximum Gasteiger partial charge on any atom is 0.144 e. The van der Waals surface area contributed by atoms with Crippen LogP contribution in [-0.2, 0) is 0 Å². The van der Waals surface area contributed by atoms with Crippen LogP contribution in [0.4, 0.5) is 5.82 Å². The molecule has 1 N–H and O–H groups in total. The summed E-state index contributed by atoms with van der Waals surface area (Å²) in [7, 11) is 0. The van der Waals surface area contributed by atoms with Crippen molar-refractivity contribution in [2.45, 2.75) is 6.04 Å². The van der Waals surface area contributed by atoms with Gasteiger partial charge in [-0.2, -0.15) is 5.26 Å². The Balaban J connectivity index is 2.02. The number of aromatic nitrogens is 1. The SMILES string of the molecule is N#Cc1cccnc1NC(c1ccccc1)c1ccccc1. The Labute approximate surface area is 129 Å². The molecule has 0 unspecified atom stereocenters. The van der Waals surface area contributed by atoms with E-state index in [1.165, 1.54) is 0 Å². The van der Waals surface area contributed by atoms with Crippen molar-refractivity contribution in [1.82, 2.24) is 4.98 Å². The first-order valence-corrected chi connectivity index (χ1v) is 7.10. The highest BCUT2D eigenvalue weighted by Gasteiger charge is 2.15. The average Bonchev–Trinajstić information content (AvgIpc) is 2.61. The number of pyridine rings is 1. The second kappa shape index (κ2) is 6.55. The van der Waals surface area contributed by atoms with Crippen molar-refractivity contribution in [3.63, 3.8) is 0 Å². The van der Waals surface area contributed by atoms with Gasteiger partial charge in [-0.25, -0.2) is 4.98 Å². The Bertz CT molecular complexity index is 737. The molecule has 0 aliphatic heterocycles. The van der Waals surface area contributed by atoms with E-state index in [1.54, 1.807) is 18.3 Å². The molecule has 0 aliphatic rings. The number of rotatable bonds is 4. The molecule has 0 fully saturated rings. The summed E-state index contributed by atoms with van der Waals surface area (Å²) in [6.45, 7) is 0. The second-order valence-corrected chi connectivity index (χ2v) is 4.91. The Morgan fingerprint density at radius 2 is 1.41 bits per heavy atom. The Morgan fingerprint density at radius 1 is 0.818 bits per heavy atom. The van der Waals surface area contributed by atoms with E-state index in [0.29, 0.717) is 11.4 Å². The van der Waals surface area contributed by atoms with E-state index >= 15 is 0 Å². The minimum atomic E-state index is -0.0515. The van der Waals surface area contributed by atoms with Gasteiger partial charge < -0.3 is 5.32 Å². The number of nitrogens with one attached hydrogen (secondary N) is 1. The molecule has 1 heterocycles. The minimum absolute atomic E-state index is 0.0515. The van der Waals surface area contributed by atoms with E-state index in [-0.39, 0.29) is 6.04 Å². The molecule has 0 spiro atoms. The first-order valence-electron chi connectivity index (χ1n) is 7.10. The minimum Gasteiger partial charge on any atom is -0.358 e. The maximum absolute atomic E-state index is 9.24. The zero-order valence-electron chi connectivity index (χ0n) is 12.0. The van der Waals surface area contributed by atoms with Crippen molar-refractivity contribution < 1.29 is 0 Å². The third kappa shape index (κ3) is 2.97. The molecule has 22 heavy (non-hydrogen) atoms. The number of benzene rings is 2. The Hall–Kier alpha value is -3.12. The average molecular weight is 285 g/mol. The molecule has 0 bridgehead atoms. The van der Waals surface area contributed by atoms with Crippen LogP contribution in [-0.4, -0.2) is 4.98 Å². The zero-order chi connectivity index (χ0) is 15.2. The lowest BCUT2D eigenvalue weighted by atomic mass is 9.98. The lowest BCUT2D eigenvalue weighted by molar-refractivity contribution is 0.925. The smallest absolute Gasteiger partial charge is 0.144 e. The molecule has 0 saturated heterocycles. The van der Waals surface area contributed by atoms with E-state index < -0.39 is 0 Å². The molecule has 3 heteroatoms. The molecule has 3 rings (SSSR count). The topological polar surface area (TPSA) is 48.7 Å². The second-order valence-electron chi connectivity index (χ2n) is 4.91. The van der Waals surface area contributed by atoms with Gasteiger partial charge in [-0.05, 0) is 23.3 Å². The van der Waals surface area contributed by atoms with Crippen LogP contribution >= 0.6 is 0 Å². The summed E-state index contributed by atoms with van der Waals surface area (Å²) in [5.41, 5.74) is 2.80. The molecule has 0 aliphatic carbocycles. The summed E-state index contributed by atoms with van der Waals surface area (Å²) in [6, 6.07) is 26.0. The lowest BCUT2D eigenvalue weighted by Crippen LogP contribution is -2.14. The van der Waals surface area contributed by atoms with Gasteiger partial charge >= 0.3 is 0 Å². The molecule has 106 valence electrons. The van der Waals surface area contributed by atoms with Crippen LogP contribution in [0.1, 0.15) is 22.7 Å². The van der Waals surface area contributed by atoms with Gasteiger partial charge in [0.05, 0.1) is 11.6 Å². The predicted molar refractivity (Wildman–Crippen MR) is 87.3 cm³/mol. The van der Waals surface area contributed by atoms with Crippen molar-refractivity contribution in [3.8, 4) is 6.07 Å². The summed E-state index contributed by atoms with van der Waals surface area (Å²) in [4.78, 5) is 4.31. The van der Waals surface area contributed by atoms with Gasteiger partial charge in [0.15, 0.2) is 0 Å². The third-order valence-corrected chi connectivity index (χ3v) is 3.48. The van der Waals surface area contributed by atoms with E-state index in [0.717, 1.165) is 11.1 Å². The lowest BCUT2D eigenvalue weighted by Gasteiger charge is -2.21. The fourth-order valence-corrected chi connectivity index (χ4v) is 2.40. The highest BCUT2D eigenvalue weighted by Crippen LogP contribution is 2.26. The van der Waals surface area contributed by atoms with Crippen LogP contribution in [0.5, 0.6) is 0 Å². The van der Waals surface area contributed by atoms with Gasteiger partial charge in [-0.3, -0.25) is 0 Å². The van der Waals surface area contributed by atoms with Crippen molar-refractivity contribution in [3.05, 3.63) is 95.7 Å². The Morgan fingerprint density at radius 3 is 1.95 bits per heavy atom. The molecule has 0 atom stereocenters. The molecule has 0 amide bonds. The number of nitriles is 1. The van der Waals surface area contributed by atoms with Crippen LogP contribution in [0, 0.1) is 11.3 Å². The van der Waals surface area contributed by atoms with Gasteiger partial charge in [0, 0.05) is 6.20 Å². The first-order chi connectivity index (χ1) is 10.9. The highest BCUT2D eigenvalue weighted by molar-refractivity contribution is 5.54. The summed E-state index contributed by atoms with van der Waals surface area (Å²) >= 11 is 0. The van der Waals surface area contributed by atoms with Crippen molar-refractivity contribution >= 4 is 5.82 Å². The maximum atomic E-state index is 9.24. The summed E-state index contributed by atoms with van der Waals surface area (Å²) < 4.78 is 0. The van der Waals surface area contributed by atoms with Gasteiger partial charge in [-0.1, -0.05) is 60.7 Å². The third-order valence-electron chi connectivity index (χ3n) is 3.48. The quantitative estimate of drug-likeness (QED) is 0.783. The monoisotopic (exact) mass is 285 g/mol. The fourth-order valence-electron chi connectivity index (χ4n) is 2.40. The number of nitrogens with zero attached hydrogens (tertiary/aromatic N) is 2.